The Hall–Kier alpha value is -2.66. The lowest BCUT2D eigenvalue weighted by Crippen LogP contribution is -2.24. The summed E-state index contributed by atoms with van der Waals surface area (Å²) in [6.07, 6.45) is 0.370. The number of carbonyl (C=O) groups is 1. The van der Waals surface area contributed by atoms with E-state index in [1.54, 1.807) is 17.0 Å². The monoisotopic (exact) mass is 367 g/mol. The van der Waals surface area contributed by atoms with Gasteiger partial charge < -0.3 is 9.42 Å². The summed E-state index contributed by atoms with van der Waals surface area (Å²) in [5.41, 5.74) is 4.03. The fourth-order valence-corrected chi connectivity index (χ4v) is 3.47. The summed E-state index contributed by atoms with van der Waals surface area (Å²) in [6.45, 7) is 4.61. The molecule has 1 aromatic heterocycles. The van der Waals surface area contributed by atoms with Gasteiger partial charge in [0.15, 0.2) is 0 Å². The summed E-state index contributed by atoms with van der Waals surface area (Å²) in [4.78, 5) is 18.8. The number of carbonyl (C=O) groups excluding carboxylic acids is 1. The molecular formula is C20H18ClN3O2. The zero-order valence-corrected chi connectivity index (χ0v) is 15.3. The van der Waals surface area contributed by atoms with E-state index in [4.69, 9.17) is 16.1 Å². The summed E-state index contributed by atoms with van der Waals surface area (Å²) >= 11 is 5.91. The van der Waals surface area contributed by atoms with E-state index < -0.39 is 0 Å². The van der Waals surface area contributed by atoms with Crippen molar-refractivity contribution in [1.82, 2.24) is 10.1 Å². The van der Waals surface area contributed by atoms with Crippen molar-refractivity contribution in [2.45, 2.75) is 26.2 Å². The number of hydrogen-bond donors (Lipinski definition) is 0. The van der Waals surface area contributed by atoms with Gasteiger partial charge in [-0.3, -0.25) is 4.79 Å². The van der Waals surface area contributed by atoms with E-state index in [0.717, 1.165) is 22.4 Å². The Labute approximate surface area is 156 Å². The average Bonchev–Trinajstić information content (AvgIpc) is 3.21. The van der Waals surface area contributed by atoms with E-state index in [0.29, 0.717) is 29.7 Å². The van der Waals surface area contributed by atoms with Crippen LogP contribution in [-0.2, 0) is 4.79 Å². The third kappa shape index (κ3) is 3.22. The van der Waals surface area contributed by atoms with Gasteiger partial charge in [0, 0.05) is 29.2 Å². The lowest BCUT2D eigenvalue weighted by molar-refractivity contribution is -0.117. The molecule has 0 aliphatic carbocycles. The average molecular weight is 368 g/mol. The Morgan fingerprint density at radius 2 is 1.81 bits per heavy atom. The number of rotatable bonds is 3. The second-order valence-corrected chi connectivity index (χ2v) is 7.15. The number of aryl methyl sites for hydroxylation is 2. The number of benzene rings is 2. The van der Waals surface area contributed by atoms with Crippen molar-refractivity contribution < 1.29 is 9.32 Å². The molecule has 132 valence electrons. The van der Waals surface area contributed by atoms with Crippen LogP contribution in [0, 0.1) is 13.8 Å². The molecule has 1 amide bonds. The number of nitrogens with zero attached hydrogens (tertiary/aromatic N) is 3. The van der Waals surface area contributed by atoms with Crippen LogP contribution in [0.3, 0.4) is 0 Å². The molecule has 2 aromatic carbocycles. The minimum Gasteiger partial charge on any atom is -0.339 e. The minimum absolute atomic E-state index is 0.0752. The molecule has 0 saturated carbocycles. The van der Waals surface area contributed by atoms with Gasteiger partial charge >= 0.3 is 0 Å². The van der Waals surface area contributed by atoms with E-state index >= 15 is 0 Å². The highest BCUT2D eigenvalue weighted by Gasteiger charge is 2.35. The first-order valence-electron chi connectivity index (χ1n) is 8.48. The van der Waals surface area contributed by atoms with Crippen LogP contribution in [0.4, 0.5) is 5.69 Å². The van der Waals surface area contributed by atoms with Crippen molar-refractivity contribution >= 4 is 23.2 Å². The molecular weight excluding hydrogens is 350 g/mol. The molecule has 1 atom stereocenters. The van der Waals surface area contributed by atoms with Crippen LogP contribution in [0.25, 0.3) is 11.4 Å². The second-order valence-electron chi connectivity index (χ2n) is 6.71. The Morgan fingerprint density at radius 1 is 1.12 bits per heavy atom. The Bertz CT molecular complexity index is 945. The lowest BCUT2D eigenvalue weighted by atomic mass is 10.1. The molecule has 3 aromatic rings. The fourth-order valence-electron chi connectivity index (χ4n) is 3.35. The van der Waals surface area contributed by atoms with Crippen LogP contribution >= 0.6 is 11.6 Å². The quantitative estimate of drug-likeness (QED) is 0.682. The summed E-state index contributed by atoms with van der Waals surface area (Å²) < 4.78 is 5.44. The van der Waals surface area contributed by atoms with Crippen molar-refractivity contribution in [3.05, 3.63) is 64.5 Å². The zero-order valence-electron chi connectivity index (χ0n) is 14.6. The number of hydrogen-bond acceptors (Lipinski definition) is 4. The molecule has 0 N–H and O–H groups in total. The normalized spacial score (nSPS) is 17.1. The molecule has 1 aliphatic heterocycles. The maximum absolute atomic E-state index is 12.5. The van der Waals surface area contributed by atoms with Crippen molar-refractivity contribution in [3.8, 4) is 11.4 Å². The first kappa shape index (κ1) is 16.8. The lowest BCUT2D eigenvalue weighted by Gasteiger charge is -2.17. The van der Waals surface area contributed by atoms with Gasteiger partial charge in [0.05, 0.1) is 5.92 Å². The van der Waals surface area contributed by atoms with Crippen molar-refractivity contribution in [1.29, 1.82) is 0 Å². The Kier molecular flexibility index (Phi) is 4.24. The number of halogens is 1. The highest BCUT2D eigenvalue weighted by Crippen LogP contribution is 2.32. The summed E-state index contributed by atoms with van der Waals surface area (Å²) in [7, 11) is 0. The van der Waals surface area contributed by atoms with Gasteiger partial charge in [-0.15, -0.1) is 0 Å². The first-order chi connectivity index (χ1) is 12.5. The molecule has 1 unspecified atom stereocenters. The molecule has 1 fully saturated rings. The molecule has 4 rings (SSSR count). The molecule has 26 heavy (non-hydrogen) atoms. The van der Waals surface area contributed by atoms with Gasteiger partial charge in [-0.1, -0.05) is 22.8 Å². The van der Waals surface area contributed by atoms with Crippen LogP contribution in [0.2, 0.25) is 5.02 Å². The smallest absolute Gasteiger partial charge is 0.232 e. The van der Waals surface area contributed by atoms with Crippen LogP contribution in [0.5, 0.6) is 0 Å². The maximum atomic E-state index is 12.5. The second kappa shape index (κ2) is 6.57. The molecule has 0 bridgehead atoms. The van der Waals surface area contributed by atoms with E-state index in [9.17, 15) is 4.79 Å². The van der Waals surface area contributed by atoms with Gasteiger partial charge in [-0.2, -0.15) is 4.98 Å². The van der Waals surface area contributed by atoms with Crippen LogP contribution < -0.4 is 4.90 Å². The third-order valence-electron chi connectivity index (χ3n) is 4.54. The predicted octanol–water partition coefficient (Wildman–Crippen LogP) is 4.53. The molecule has 2 heterocycles. The standard InChI is InChI=1S/C20H18ClN3O2/c1-12-7-13(2)9-17(8-12)24-11-15(10-18(24)25)20-22-19(23-26-20)14-3-5-16(21)6-4-14/h3-9,15H,10-11H2,1-2H3. The van der Waals surface area contributed by atoms with Gasteiger partial charge in [-0.05, 0) is 61.4 Å². The zero-order chi connectivity index (χ0) is 18.3. The fraction of sp³-hybridized carbons (Fsp3) is 0.250. The highest BCUT2D eigenvalue weighted by molar-refractivity contribution is 6.30. The summed E-state index contributed by atoms with van der Waals surface area (Å²) in [5.74, 6) is 0.979. The van der Waals surface area contributed by atoms with Crippen LogP contribution in [0.1, 0.15) is 29.4 Å². The van der Waals surface area contributed by atoms with Gasteiger partial charge in [0.2, 0.25) is 17.6 Å². The van der Waals surface area contributed by atoms with Crippen LogP contribution in [0.15, 0.2) is 47.0 Å². The maximum Gasteiger partial charge on any atom is 0.232 e. The molecule has 1 saturated heterocycles. The van der Waals surface area contributed by atoms with E-state index in [-0.39, 0.29) is 11.8 Å². The van der Waals surface area contributed by atoms with Crippen molar-refractivity contribution in [2.24, 2.45) is 0 Å². The van der Waals surface area contributed by atoms with Gasteiger partial charge in [0.1, 0.15) is 0 Å². The Morgan fingerprint density at radius 3 is 2.50 bits per heavy atom. The summed E-state index contributed by atoms with van der Waals surface area (Å²) in [6, 6.07) is 13.4. The minimum atomic E-state index is -0.100. The number of aromatic nitrogens is 2. The van der Waals surface area contributed by atoms with Crippen LogP contribution in [-0.4, -0.2) is 22.6 Å². The molecule has 6 heteroatoms. The number of anilines is 1. The van der Waals surface area contributed by atoms with E-state index in [1.165, 1.54) is 0 Å². The molecule has 5 nitrogen and oxygen atoms in total. The van der Waals surface area contributed by atoms with E-state index in [1.807, 2.05) is 38.1 Å². The SMILES string of the molecule is Cc1cc(C)cc(N2CC(c3nc(-c4ccc(Cl)cc4)no3)CC2=O)c1. The molecule has 1 aliphatic rings. The van der Waals surface area contributed by atoms with Gasteiger partial charge in [-0.25, -0.2) is 0 Å². The number of amides is 1. The van der Waals surface area contributed by atoms with Gasteiger partial charge in [0.25, 0.3) is 0 Å². The first-order valence-corrected chi connectivity index (χ1v) is 8.85. The topological polar surface area (TPSA) is 59.2 Å². The predicted molar refractivity (Wildman–Crippen MR) is 100 cm³/mol. The highest BCUT2D eigenvalue weighted by atomic mass is 35.5. The molecule has 0 spiro atoms. The Balaban J connectivity index is 1.56. The largest absolute Gasteiger partial charge is 0.339 e. The molecule has 0 radical (unpaired) electrons. The van der Waals surface area contributed by atoms with E-state index in [2.05, 4.69) is 16.2 Å². The van der Waals surface area contributed by atoms with Crippen molar-refractivity contribution in [3.63, 3.8) is 0 Å². The third-order valence-corrected chi connectivity index (χ3v) is 4.79. The summed E-state index contributed by atoms with van der Waals surface area (Å²) in [5, 5.41) is 4.71. The van der Waals surface area contributed by atoms with Crippen molar-refractivity contribution in [2.75, 3.05) is 11.4 Å².